The molecular weight excluding hydrogens is 200 g/mol. The molecule has 0 aromatic rings. The third kappa shape index (κ3) is 3.19. The summed E-state index contributed by atoms with van der Waals surface area (Å²) >= 11 is 0. The first-order chi connectivity index (χ1) is 7.79. The minimum Gasteiger partial charge on any atom is -0.391 e. The van der Waals surface area contributed by atoms with Crippen molar-refractivity contribution >= 4 is 0 Å². The lowest BCUT2D eigenvalue weighted by Crippen LogP contribution is -2.38. The van der Waals surface area contributed by atoms with Gasteiger partial charge in [0.25, 0.3) is 0 Å². The molecule has 2 N–H and O–H groups in total. The van der Waals surface area contributed by atoms with Crippen molar-refractivity contribution in [1.82, 2.24) is 10.2 Å². The van der Waals surface area contributed by atoms with Gasteiger partial charge in [-0.1, -0.05) is 19.8 Å². The van der Waals surface area contributed by atoms with Crippen molar-refractivity contribution in [3.63, 3.8) is 0 Å². The summed E-state index contributed by atoms with van der Waals surface area (Å²) in [7, 11) is 0. The van der Waals surface area contributed by atoms with E-state index in [-0.39, 0.29) is 6.10 Å². The first kappa shape index (κ1) is 12.3. The van der Waals surface area contributed by atoms with Crippen molar-refractivity contribution in [2.45, 2.75) is 51.2 Å². The Kier molecular flexibility index (Phi) is 4.62. The maximum atomic E-state index is 10.1. The fourth-order valence-electron chi connectivity index (χ4n) is 3.05. The standard InChI is InChI=1S/C13H26N2O/c1-2-15-8-7-11(10-15)13(16)9-14-12-5-3-4-6-12/h11-14,16H,2-10H2,1H3. The Balaban J connectivity index is 1.65. The van der Waals surface area contributed by atoms with Crippen LogP contribution in [0.4, 0.5) is 0 Å². The molecular formula is C13H26N2O. The molecule has 0 radical (unpaired) electrons. The lowest BCUT2D eigenvalue weighted by molar-refractivity contribution is 0.106. The van der Waals surface area contributed by atoms with Crippen molar-refractivity contribution in [3.8, 4) is 0 Å². The molecule has 1 aliphatic heterocycles. The van der Waals surface area contributed by atoms with Crippen molar-refractivity contribution in [2.75, 3.05) is 26.2 Å². The molecule has 2 atom stereocenters. The molecule has 2 aliphatic rings. The van der Waals surface area contributed by atoms with Crippen LogP contribution in [0.5, 0.6) is 0 Å². The Morgan fingerprint density at radius 2 is 2.06 bits per heavy atom. The summed E-state index contributed by atoms with van der Waals surface area (Å²) in [5.74, 6) is 0.494. The molecule has 2 rings (SSSR count). The van der Waals surface area contributed by atoms with Gasteiger partial charge in [0.05, 0.1) is 6.10 Å². The van der Waals surface area contributed by atoms with Crippen LogP contribution in [0, 0.1) is 5.92 Å². The minimum atomic E-state index is -0.142. The Morgan fingerprint density at radius 1 is 1.31 bits per heavy atom. The van der Waals surface area contributed by atoms with Crippen LogP contribution < -0.4 is 5.32 Å². The van der Waals surface area contributed by atoms with Crippen LogP contribution in [0.15, 0.2) is 0 Å². The highest BCUT2D eigenvalue weighted by atomic mass is 16.3. The average Bonchev–Trinajstić information content (AvgIpc) is 2.96. The van der Waals surface area contributed by atoms with E-state index in [0.717, 1.165) is 19.6 Å². The van der Waals surface area contributed by atoms with E-state index in [1.165, 1.54) is 38.6 Å². The second kappa shape index (κ2) is 5.99. The van der Waals surface area contributed by atoms with E-state index < -0.39 is 0 Å². The molecule has 3 nitrogen and oxygen atoms in total. The first-order valence-electron chi connectivity index (χ1n) is 6.93. The average molecular weight is 226 g/mol. The van der Waals surface area contributed by atoms with Gasteiger partial charge >= 0.3 is 0 Å². The van der Waals surface area contributed by atoms with Gasteiger partial charge in [-0.05, 0) is 38.3 Å². The minimum absolute atomic E-state index is 0.142. The maximum Gasteiger partial charge on any atom is 0.0705 e. The molecule has 0 aromatic heterocycles. The second-order valence-corrected chi connectivity index (χ2v) is 5.40. The zero-order valence-corrected chi connectivity index (χ0v) is 10.5. The topological polar surface area (TPSA) is 35.5 Å². The van der Waals surface area contributed by atoms with Crippen LogP contribution in [-0.4, -0.2) is 48.3 Å². The highest BCUT2D eigenvalue weighted by Crippen LogP contribution is 2.21. The van der Waals surface area contributed by atoms with E-state index in [1.54, 1.807) is 0 Å². The van der Waals surface area contributed by atoms with Crippen molar-refractivity contribution in [1.29, 1.82) is 0 Å². The molecule has 0 bridgehead atoms. The number of aliphatic hydroxyl groups excluding tert-OH is 1. The smallest absolute Gasteiger partial charge is 0.0705 e. The van der Waals surface area contributed by atoms with Gasteiger partial charge in [-0.2, -0.15) is 0 Å². The highest BCUT2D eigenvalue weighted by Gasteiger charge is 2.27. The van der Waals surface area contributed by atoms with Gasteiger partial charge in [0.2, 0.25) is 0 Å². The number of hydrogen-bond acceptors (Lipinski definition) is 3. The Labute approximate surface area is 99.2 Å². The summed E-state index contributed by atoms with van der Waals surface area (Å²) in [4.78, 5) is 2.43. The molecule has 1 saturated heterocycles. The molecule has 1 heterocycles. The van der Waals surface area contributed by atoms with Gasteiger partial charge in [-0.3, -0.25) is 0 Å². The Hall–Kier alpha value is -0.120. The van der Waals surface area contributed by atoms with Crippen molar-refractivity contribution in [3.05, 3.63) is 0 Å². The lowest BCUT2D eigenvalue weighted by atomic mass is 10.0. The summed E-state index contributed by atoms with van der Waals surface area (Å²) in [5, 5.41) is 13.7. The Morgan fingerprint density at radius 3 is 2.69 bits per heavy atom. The Bertz CT molecular complexity index is 204. The van der Waals surface area contributed by atoms with Crippen LogP contribution in [0.1, 0.15) is 39.0 Å². The number of nitrogens with one attached hydrogen (secondary N) is 1. The number of nitrogens with zero attached hydrogens (tertiary/aromatic N) is 1. The fourth-order valence-corrected chi connectivity index (χ4v) is 3.05. The van der Waals surface area contributed by atoms with E-state index in [0.29, 0.717) is 12.0 Å². The molecule has 2 fully saturated rings. The van der Waals surface area contributed by atoms with Gasteiger partial charge in [0, 0.05) is 19.1 Å². The van der Waals surface area contributed by atoms with Crippen molar-refractivity contribution < 1.29 is 5.11 Å². The molecule has 2 unspecified atom stereocenters. The number of aliphatic hydroxyl groups is 1. The zero-order valence-electron chi connectivity index (χ0n) is 10.5. The van der Waals surface area contributed by atoms with Gasteiger partial charge in [-0.15, -0.1) is 0 Å². The van der Waals surface area contributed by atoms with Crippen LogP contribution in [0.25, 0.3) is 0 Å². The lowest BCUT2D eigenvalue weighted by Gasteiger charge is -2.21. The van der Waals surface area contributed by atoms with Crippen LogP contribution in [0.2, 0.25) is 0 Å². The summed E-state index contributed by atoms with van der Waals surface area (Å²) in [6, 6.07) is 0.679. The quantitative estimate of drug-likeness (QED) is 0.740. The first-order valence-corrected chi connectivity index (χ1v) is 6.93. The predicted octanol–water partition coefficient (Wildman–Crippen LogP) is 1.22. The maximum absolute atomic E-state index is 10.1. The molecule has 1 aliphatic carbocycles. The van der Waals surface area contributed by atoms with Gasteiger partial charge in [0.15, 0.2) is 0 Å². The van der Waals surface area contributed by atoms with E-state index in [1.807, 2.05) is 0 Å². The van der Waals surface area contributed by atoms with Crippen LogP contribution in [-0.2, 0) is 0 Å². The van der Waals surface area contributed by atoms with Crippen LogP contribution in [0.3, 0.4) is 0 Å². The van der Waals surface area contributed by atoms with E-state index in [4.69, 9.17) is 0 Å². The molecule has 1 saturated carbocycles. The summed E-state index contributed by atoms with van der Waals surface area (Å²) in [6.07, 6.45) is 6.36. The number of likely N-dealkylation sites (tertiary alicyclic amines) is 1. The predicted molar refractivity (Wildman–Crippen MR) is 66.5 cm³/mol. The summed E-state index contributed by atoms with van der Waals surface area (Å²) in [5.41, 5.74) is 0. The summed E-state index contributed by atoms with van der Waals surface area (Å²) in [6.45, 7) is 6.38. The van der Waals surface area contributed by atoms with Crippen molar-refractivity contribution in [2.24, 2.45) is 5.92 Å². The molecule has 0 spiro atoms. The molecule has 94 valence electrons. The van der Waals surface area contributed by atoms with Gasteiger partial charge in [0.1, 0.15) is 0 Å². The monoisotopic (exact) mass is 226 g/mol. The SMILES string of the molecule is CCN1CCC(C(O)CNC2CCCC2)C1. The van der Waals surface area contributed by atoms with E-state index >= 15 is 0 Å². The third-order valence-corrected chi connectivity index (χ3v) is 4.27. The third-order valence-electron chi connectivity index (χ3n) is 4.27. The summed E-state index contributed by atoms with van der Waals surface area (Å²) < 4.78 is 0. The molecule has 3 heteroatoms. The largest absolute Gasteiger partial charge is 0.391 e. The molecule has 16 heavy (non-hydrogen) atoms. The van der Waals surface area contributed by atoms with Gasteiger partial charge in [-0.25, -0.2) is 0 Å². The van der Waals surface area contributed by atoms with Crippen LogP contribution >= 0.6 is 0 Å². The molecule has 0 amide bonds. The normalized spacial score (nSPS) is 30.0. The number of hydrogen-bond donors (Lipinski definition) is 2. The second-order valence-electron chi connectivity index (χ2n) is 5.40. The zero-order chi connectivity index (χ0) is 11.4. The van der Waals surface area contributed by atoms with E-state index in [9.17, 15) is 5.11 Å². The highest BCUT2D eigenvalue weighted by molar-refractivity contribution is 4.83. The van der Waals surface area contributed by atoms with E-state index in [2.05, 4.69) is 17.1 Å². The van der Waals surface area contributed by atoms with Gasteiger partial charge < -0.3 is 15.3 Å². The fraction of sp³-hybridized carbons (Fsp3) is 1.00. The molecule has 0 aromatic carbocycles. The number of rotatable bonds is 5.